The fraction of sp³-hybridized carbons (Fsp3) is 0.600. The molecule has 0 aliphatic carbocycles. The summed E-state index contributed by atoms with van der Waals surface area (Å²) in [7, 11) is -1.14. The fourth-order valence-corrected chi connectivity index (χ4v) is 3.43. The molecule has 96 valence electrons. The van der Waals surface area contributed by atoms with Gasteiger partial charge in [0.25, 0.3) is 0 Å². The van der Waals surface area contributed by atoms with Crippen molar-refractivity contribution in [2.45, 2.75) is 30.2 Å². The Morgan fingerprint density at radius 1 is 1.41 bits per heavy atom. The molecule has 1 aromatic rings. The first-order chi connectivity index (χ1) is 7.66. The maximum Gasteiger partial charge on any atom is 0.220 e. The van der Waals surface area contributed by atoms with Gasteiger partial charge in [-0.2, -0.15) is 0 Å². The molecule has 1 atom stereocenters. The van der Waals surface area contributed by atoms with Crippen LogP contribution in [0.4, 0.5) is 0 Å². The number of hydrogen-bond donors (Lipinski definition) is 1. The van der Waals surface area contributed by atoms with Crippen LogP contribution >= 0.6 is 24.0 Å². The second-order valence-electron chi connectivity index (χ2n) is 3.86. The number of piperidine rings is 1. The van der Waals surface area contributed by atoms with Crippen molar-refractivity contribution in [2.24, 2.45) is 0 Å². The molecular weight excluding hydrogens is 281 g/mol. The molecule has 1 aromatic heterocycles. The Morgan fingerprint density at radius 2 is 2.06 bits per heavy atom. The molecule has 17 heavy (non-hydrogen) atoms. The lowest BCUT2D eigenvalue weighted by atomic mass is 10.2. The second kappa shape index (κ2) is 6.64. The maximum atomic E-state index is 12.2. The zero-order chi connectivity index (χ0) is 11.5. The number of aryl methyl sites for hydroxylation is 1. The average Bonchev–Trinajstić information content (AvgIpc) is 2.28. The highest BCUT2D eigenvalue weighted by Gasteiger charge is 2.23. The number of rotatable bonds is 2. The highest BCUT2D eigenvalue weighted by Crippen LogP contribution is 2.17. The number of aromatic nitrogens is 2. The lowest BCUT2D eigenvalue weighted by Gasteiger charge is -2.21. The number of nitrogens with zero attached hydrogens (tertiary/aromatic N) is 2. The van der Waals surface area contributed by atoms with Gasteiger partial charge in [-0.25, -0.2) is 9.97 Å². The summed E-state index contributed by atoms with van der Waals surface area (Å²) >= 11 is 5.84. The molecular formula is C10H15Cl2N3OS. The van der Waals surface area contributed by atoms with Crippen LogP contribution in [0.1, 0.15) is 18.5 Å². The minimum absolute atomic E-state index is 0. The van der Waals surface area contributed by atoms with Gasteiger partial charge in [0.15, 0.2) is 0 Å². The highest BCUT2D eigenvalue weighted by molar-refractivity contribution is 7.85. The van der Waals surface area contributed by atoms with Crippen molar-refractivity contribution < 1.29 is 4.21 Å². The largest absolute Gasteiger partial charge is 0.317 e. The van der Waals surface area contributed by atoms with E-state index in [9.17, 15) is 4.21 Å². The van der Waals surface area contributed by atoms with E-state index in [-0.39, 0.29) is 17.7 Å². The van der Waals surface area contributed by atoms with E-state index in [0.717, 1.165) is 31.6 Å². The number of hydrogen-bond acceptors (Lipinski definition) is 4. The Labute approximate surface area is 114 Å². The smallest absolute Gasteiger partial charge is 0.220 e. The van der Waals surface area contributed by atoms with Gasteiger partial charge >= 0.3 is 0 Å². The van der Waals surface area contributed by atoms with Crippen molar-refractivity contribution in [1.29, 1.82) is 0 Å². The molecule has 1 N–H and O–H groups in total. The Morgan fingerprint density at radius 3 is 2.65 bits per heavy atom. The lowest BCUT2D eigenvalue weighted by molar-refractivity contribution is 0.517. The standard InChI is InChI=1S/C10H14ClN3OS.ClH/c1-7-6-9(11)14-10(13-7)16(15)8-2-4-12-5-3-8;/h6,8,12H,2-5H2,1H3;1H. The third kappa shape index (κ3) is 3.88. The molecule has 7 heteroatoms. The molecule has 1 saturated heterocycles. The van der Waals surface area contributed by atoms with Crippen molar-refractivity contribution >= 4 is 34.8 Å². The summed E-state index contributed by atoms with van der Waals surface area (Å²) in [5.74, 6) is 0. The molecule has 1 aliphatic rings. The number of halogens is 2. The molecule has 0 amide bonds. The Balaban J connectivity index is 0.00000144. The number of nitrogens with one attached hydrogen (secondary N) is 1. The Hall–Kier alpha value is -0.230. The van der Waals surface area contributed by atoms with Crippen LogP contribution < -0.4 is 5.32 Å². The van der Waals surface area contributed by atoms with Crippen LogP contribution in [0.25, 0.3) is 0 Å². The van der Waals surface area contributed by atoms with Crippen molar-refractivity contribution in [3.8, 4) is 0 Å². The van der Waals surface area contributed by atoms with Crippen LogP contribution in [0.15, 0.2) is 11.2 Å². The zero-order valence-electron chi connectivity index (χ0n) is 9.48. The quantitative estimate of drug-likeness (QED) is 0.667. The van der Waals surface area contributed by atoms with Crippen molar-refractivity contribution in [3.05, 3.63) is 16.9 Å². The van der Waals surface area contributed by atoms with Crippen molar-refractivity contribution in [3.63, 3.8) is 0 Å². The van der Waals surface area contributed by atoms with Crippen LogP contribution in [-0.2, 0) is 10.8 Å². The van der Waals surface area contributed by atoms with E-state index in [1.165, 1.54) is 0 Å². The van der Waals surface area contributed by atoms with Gasteiger partial charge in [-0.3, -0.25) is 4.21 Å². The van der Waals surface area contributed by atoms with Crippen LogP contribution in [0.5, 0.6) is 0 Å². The first-order valence-electron chi connectivity index (χ1n) is 5.29. The van der Waals surface area contributed by atoms with Gasteiger partial charge in [0.1, 0.15) is 5.15 Å². The summed E-state index contributed by atoms with van der Waals surface area (Å²) in [5.41, 5.74) is 0.761. The van der Waals surface area contributed by atoms with Gasteiger partial charge in [0.2, 0.25) is 5.16 Å². The molecule has 0 aromatic carbocycles. The monoisotopic (exact) mass is 295 g/mol. The summed E-state index contributed by atoms with van der Waals surface area (Å²) < 4.78 is 12.2. The van der Waals surface area contributed by atoms with Crippen molar-refractivity contribution in [1.82, 2.24) is 15.3 Å². The summed E-state index contributed by atoms with van der Waals surface area (Å²) in [6.45, 7) is 3.66. The van der Waals surface area contributed by atoms with Crippen LogP contribution in [0, 0.1) is 6.92 Å². The van der Waals surface area contributed by atoms with E-state index in [1.807, 2.05) is 6.92 Å². The molecule has 4 nitrogen and oxygen atoms in total. The van der Waals surface area contributed by atoms with Gasteiger partial charge in [-0.15, -0.1) is 12.4 Å². The fourth-order valence-electron chi connectivity index (χ4n) is 1.75. The Bertz CT molecular complexity index is 390. The minimum Gasteiger partial charge on any atom is -0.317 e. The SMILES string of the molecule is Cc1cc(Cl)nc(S(=O)C2CCNCC2)n1.Cl. The van der Waals surface area contributed by atoms with Crippen molar-refractivity contribution in [2.75, 3.05) is 13.1 Å². The van der Waals surface area contributed by atoms with E-state index >= 15 is 0 Å². The summed E-state index contributed by atoms with van der Waals surface area (Å²) in [6.07, 6.45) is 1.81. The minimum atomic E-state index is -1.14. The van der Waals surface area contributed by atoms with E-state index < -0.39 is 10.8 Å². The van der Waals surface area contributed by atoms with Gasteiger partial charge in [-0.1, -0.05) is 11.6 Å². The third-order valence-corrected chi connectivity index (χ3v) is 4.38. The van der Waals surface area contributed by atoms with Gasteiger partial charge in [0.05, 0.1) is 10.8 Å². The molecule has 0 radical (unpaired) electrons. The van der Waals surface area contributed by atoms with E-state index in [2.05, 4.69) is 15.3 Å². The molecule has 2 heterocycles. The molecule has 1 aliphatic heterocycles. The molecule has 1 fully saturated rings. The zero-order valence-corrected chi connectivity index (χ0v) is 11.9. The van der Waals surface area contributed by atoms with Crippen LogP contribution in [0.2, 0.25) is 5.15 Å². The van der Waals surface area contributed by atoms with Crippen LogP contribution in [0.3, 0.4) is 0 Å². The molecule has 2 rings (SSSR count). The van der Waals surface area contributed by atoms with E-state index in [4.69, 9.17) is 11.6 Å². The first kappa shape index (κ1) is 14.8. The van der Waals surface area contributed by atoms with Gasteiger partial charge < -0.3 is 5.32 Å². The van der Waals surface area contributed by atoms with E-state index in [1.54, 1.807) is 6.07 Å². The van der Waals surface area contributed by atoms with Gasteiger partial charge in [0, 0.05) is 10.9 Å². The predicted molar refractivity (Wildman–Crippen MR) is 71.3 cm³/mol. The highest BCUT2D eigenvalue weighted by atomic mass is 35.5. The second-order valence-corrected chi connectivity index (χ2v) is 5.88. The molecule has 1 unspecified atom stereocenters. The normalized spacial score (nSPS) is 18.5. The third-order valence-electron chi connectivity index (χ3n) is 2.57. The van der Waals surface area contributed by atoms with Crippen LogP contribution in [-0.4, -0.2) is 32.5 Å². The predicted octanol–water partition coefficient (Wildman–Crippen LogP) is 1.72. The Kier molecular flexibility index (Phi) is 5.79. The molecule has 0 saturated carbocycles. The maximum absolute atomic E-state index is 12.2. The summed E-state index contributed by atoms with van der Waals surface area (Å²) in [4.78, 5) is 8.24. The van der Waals surface area contributed by atoms with Gasteiger partial charge in [-0.05, 0) is 38.9 Å². The first-order valence-corrected chi connectivity index (χ1v) is 6.88. The average molecular weight is 296 g/mol. The van der Waals surface area contributed by atoms with E-state index in [0.29, 0.717) is 10.3 Å². The lowest BCUT2D eigenvalue weighted by Crippen LogP contribution is -2.33. The summed E-state index contributed by atoms with van der Waals surface area (Å²) in [6, 6.07) is 1.67. The molecule has 0 spiro atoms. The topological polar surface area (TPSA) is 54.9 Å². The molecule has 0 bridgehead atoms. The summed E-state index contributed by atoms with van der Waals surface area (Å²) in [5, 5.41) is 4.13.